The van der Waals surface area contributed by atoms with Crippen molar-refractivity contribution < 1.29 is 17.7 Å². The zero-order valence-corrected chi connectivity index (χ0v) is 9.17. The third-order valence-corrected chi connectivity index (χ3v) is 2.90. The van der Waals surface area contributed by atoms with Crippen LogP contribution in [0.2, 0.25) is 0 Å². The van der Waals surface area contributed by atoms with Crippen LogP contribution in [-0.4, -0.2) is 38.8 Å². The van der Waals surface area contributed by atoms with Crippen LogP contribution in [0, 0.1) is 0 Å². The Hall–Kier alpha value is -1.12. The summed E-state index contributed by atoms with van der Waals surface area (Å²) in [5, 5.41) is 12.7. The first kappa shape index (κ1) is 12.9. The van der Waals surface area contributed by atoms with Crippen LogP contribution >= 0.6 is 0 Å². The van der Waals surface area contributed by atoms with E-state index in [1.165, 1.54) is 6.08 Å². The molecule has 0 bridgehead atoms. The smallest absolute Gasteiger partial charge is 0.336 e. The summed E-state index contributed by atoms with van der Waals surface area (Å²) in [5.41, 5.74) is 8.01. The van der Waals surface area contributed by atoms with Crippen molar-refractivity contribution in [3.05, 3.63) is 22.6 Å². The van der Waals surface area contributed by atoms with Crippen LogP contribution in [0.1, 0.15) is 6.42 Å². The monoisotopic (exact) mass is 248 g/mol. The number of hydrogen-bond acceptors (Lipinski definition) is 5. The predicted octanol–water partition coefficient (Wildman–Crippen LogP) is -0.163. The molecule has 0 radical (unpaired) electrons. The summed E-state index contributed by atoms with van der Waals surface area (Å²) in [6.07, 6.45) is 2.71. The molecule has 2 unspecified atom stereocenters. The van der Waals surface area contributed by atoms with Crippen LogP contribution in [0.4, 0.5) is 0 Å². The maximum Gasteiger partial charge on any atom is 0.336 e. The average molecular weight is 248 g/mol. The molecule has 1 fully saturated rings. The molecule has 1 heterocycles. The van der Waals surface area contributed by atoms with Crippen LogP contribution in [-0.2, 0) is 14.5 Å². The highest BCUT2D eigenvalue weighted by atomic mass is 32.2. The molecule has 1 aliphatic heterocycles. The number of hydrogen-bond donors (Lipinski definition) is 2. The Kier molecular flexibility index (Phi) is 4.71. The summed E-state index contributed by atoms with van der Waals surface area (Å²) in [7, 11) is -3.76. The van der Waals surface area contributed by atoms with Crippen molar-refractivity contribution in [3.63, 3.8) is 0 Å². The topological polar surface area (TPSA) is 124 Å². The van der Waals surface area contributed by atoms with E-state index in [2.05, 4.69) is 18.9 Å². The summed E-state index contributed by atoms with van der Waals surface area (Å²) < 4.78 is 28.5. The van der Waals surface area contributed by atoms with Gasteiger partial charge in [0.1, 0.15) is 0 Å². The molecule has 0 aromatic heterocycles. The lowest BCUT2D eigenvalue weighted by molar-refractivity contribution is 0.0763. The molecule has 0 aromatic rings. The summed E-state index contributed by atoms with van der Waals surface area (Å²) >= 11 is 0. The van der Waals surface area contributed by atoms with Gasteiger partial charge in [-0.05, 0) is 12.0 Å². The maximum absolute atomic E-state index is 11.0. The fraction of sp³-hybridized carbons (Fsp3) is 0.714. The number of nitrogens with one attached hydrogen (secondary N) is 1. The van der Waals surface area contributed by atoms with Gasteiger partial charge in [0, 0.05) is 11.5 Å². The summed E-state index contributed by atoms with van der Waals surface area (Å²) in [6, 6.07) is -0.704. The Labute approximate surface area is 92.8 Å². The van der Waals surface area contributed by atoms with Gasteiger partial charge in [0.15, 0.2) is 0 Å². The van der Waals surface area contributed by atoms with Crippen molar-refractivity contribution in [1.29, 1.82) is 0 Å². The minimum absolute atomic E-state index is 0.263. The zero-order valence-electron chi connectivity index (χ0n) is 8.35. The lowest BCUT2D eigenvalue weighted by Gasteiger charge is -2.25. The lowest BCUT2D eigenvalue weighted by Crippen LogP contribution is -2.50. The first-order chi connectivity index (χ1) is 7.55. The zero-order chi connectivity index (χ0) is 12.0. The van der Waals surface area contributed by atoms with E-state index in [1.807, 2.05) is 0 Å². The third kappa shape index (κ3) is 4.17. The number of nitrogens with zero attached hydrogens (tertiary/aromatic N) is 3. The van der Waals surface area contributed by atoms with Crippen molar-refractivity contribution in [2.45, 2.75) is 18.6 Å². The SMILES string of the molecule is [N-]=[N+]=NCC/C=C\C1NS(=O)(=O)OCC1O. The maximum atomic E-state index is 11.0. The molecular weight excluding hydrogens is 236 g/mol. The number of aliphatic hydroxyl groups is 1. The number of rotatable bonds is 4. The Morgan fingerprint density at radius 1 is 1.69 bits per heavy atom. The summed E-state index contributed by atoms with van der Waals surface area (Å²) in [4.78, 5) is 2.57. The first-order valence-electron chi connectivity index (χ1n) is 4.57. The van der Waals surface area contributed by atoms with Crippen molar-refractivity contribution in [1.82, 2.24) is 4.72 Å². The molecule has 90 valence electrons. The fourth-order valence-corrected chi connectivity index (χ4v) is 2.09. The van der Waals surface area contributed by atoms with Gasteiger partial charge in [-0.2, -0.15) is 13.1 Å². The van der Waals surface area contributed by atoms with E-state index in [4.69, 9.17) is 5.53 Å². The van der Waals surface area contributed by atoms with Crippen LogP contribution in [0.3, 0.4) is 0 Å². The minimum atomic E-state index is -3.76. The molecule has 16 heavy (non-hydrogen) atoms. The second-order valence-electron chi connectivity index (χ2n) is 3.12. The van der Waals surface area contributed by atoms with E-state index >= 15 is 0 Å². The van der Waals surface area contributed by atoms with Gasteiger partial charge in [-0.25, -0.2) is 0 Å². The fourth-order valence-electron chi connectivity index (χ4n) is 1.13. The van der Waals surface area contributed by atoms with E-state index in [0.29, 0.717) is 13.0 Å². The van der Waals surface area contributed by atoms with Gasteiger partial charge in [0.2, 0.25) is 0 Å². The lowest BCUT2D eigenvalue weighted by atomic mass is 10.1. The Morgan fingerprint density at radius 2 is 2.44 bits per heavy atom. The second kappa shape index (κ2) is 5.83. The molecule has 2 atom stereocenters. The highest BCUT2D eigenvalue weighted by Gasteiger charge is 2.29. The molecule has 0 saturated carbocycles. The van der Waals surface area contributed by atoms with E-state index in [-0.39, 0.29) is 6.61 Å². The number of aliphatic hydroxyl groups excluding tert-OH is 1. The highest BCUT2D eigenvalue weighted by Crippen LogP contribution is 2.08. The van der Waals surface area contributed by atoms with Crippen molar-refractivity contribution in [3.8, 4) is 0 Å². The number of azide groups is 1. The molecule has 0 aromatic carbocycles. The Morgan fingerprint density at radius 3 is 3.12 bits per heavy atom. The van der Waals surface area contributed by atoms with E-state index in [9.17, 15) is 13.5 Å². The quantitative estimate of drug-likeness (QED) is 0.236. The largest absolute Gasteiger partial charge is 0.389 e. The molecule has 0 amide bonds. The van der Waals surface area contributed by atoms with Crippen LogP contribution in [0.25, 0.3) is 10.4 Å². The standard InChI is InChI=1S/C7H12N4O4S/c8-11-9-4-2-1-3-6-7(12)5-15-16(13,14)10-6/h1,3,6-7,10,12H,2,4-5H2/b3-1-. The highest BCUT2D eigenvalue weighted by molar-refractivity contribution is 7.84. The average Bonchev–Trinajstić information content (AvgIpc) is 2.23. The van der Waals surface area contributed by atoms with Crippen LogP contribution in [0.15, 0.2) is 17.3 Å². The van der Waals surface area contributed by atoms with Gasteiger partial charge in [-0.3, -0.25) is 4.18 Å². The van der Waals surface area contributed by atoms with Gasteiger partial charge < -0.3 is 5.11 Å². The van der Waals surface area contributed by atoms with Gasteiger partial charge in [-0.1, -0.05) is 17.3 Å². The van der Waals surface area contributed by atoms with Gasteiger partial charge in [-0.15, -0.1) is 0 Å². The van der Waals surface area contributed by atoms with Crippen molar-refractivity contribution in [2.24, 2.45) is 5.11 Å². The van der Waals surface area contributed by atoms with E-state index in [0.717, 1.165) is 0 Å². The first-order valence-corrected chi connectivity index (χ1v) is 5.98. The molecule has 0 aliphatic carbocycles. The molecule has 0 spiro atoms. The predicted molar refractivity (Wildman–Crippen MR) is 55.6 cm³/mol. The molecule has 1 aliphatic rings. The van der Waals surface area contributed by atoms with Gasteiger partial charge >= 0.3 is 10.3 Å². The third-order valence-electron chi connectivity index (χ3n) is 1.89. The van der Waals surface area contributed by atoms with Gasteiger partial charge in [0.05, 0.1) is 18.8 Å². The van der Waals surface area contributed by atoms with Crippen molar-refractivity contribution >= 4 is 10.3 Å². The molecule has 1 saturated heterocycles. The second-order valence-corrected chi connectivity index (χ2v) is 4.50. The molecule has 9 heteroatoms. The summed E-state index contributed by atoms with van der Waals surface area (Å²) in [5.74, 6) is 0. The van der Waals surface area contributed by atoms with E-state index < -0.39 is 22.4 Å². The molecule has 2 N–H and O–H groups in total. The van der Waals surface area contributed by atoms with E-state index in [1.54, 1.807) is 6.08 Å². The Balaban J connectivity index is 2.48. The summed E-state index contributed by atoms with van der Waals surface area (Å²) in [6.45, 7) is 0.0275. The molecular formula is C7H12N4O4S. The van der Waals surface area contributed by atoms with Gasteiger partial charge in [0.25, 0.3) is 0 Å². The van der Waals surface area contributed by atoms with Crippen LogP contribution in [0.5, 0.6) is 0 Å². The van der Waals surface area contributed by atoms with Crippen molar-refractivity contribution in [2.75, 3.05) is 13.2 Å². The normalized spacial score (nSPS) is 28.8. The Bertz CT molecular complexity index is 401. The molecule has 1 rings (SSSR count). The minimum Gasteiger partial charge on any atom is -0.389 e. The molecule has 8 nitrogen and oxygen atoms in total. The van der Waals surface area contributed by atoms with Crippen LogP contribution < -0.4 is 4.72 Å².